The molecule has 1 aliphatic heterocycles. The van der Waals surface area contributed by atoms with Crippen molar-refractivity contribution in [2.75, 3.05) is 20.3 Å². The molecule has 0 aliphatic carbocycles. The largest absolute Gasteiger partial charge is 0.444 e. The van der Waals surface area contributed by atoms with Gasteiger partial charge < -0.3 is 20.1 Å². The molecule has 0 spiro atoms. The number of nitrogens with two attached hydrogens (primary N) is 1. The molecular weight excluding hydrogens is 348 g/mol. The zero-order valence-corrected chi connectivity index (χ0v) is 16.6. The highest BCUT2D eigenvalue weighted by Crippen LogP contribution is 2.31. The zero-order valence-electron chi connectivity index (χ0n) is 16.6. The Morgan fingerprint density at radius 3 is 2.56 bits per heavy atom. The van der Waals surface area contributed by atoms with E-state index in [1.54, 1.807) is 16.7 Å². The van der Waals surface area contributed by atoms with Crippen LogP contribution in [-0.4, -0.2) is 58.6 Å². The van der Waals surface area contributed by atoms with E-state index < -0.39 is 17.6 Å². The standard InChI is InChI=1S/C19H28N4O4/c1-7-14-16(17(20)24)15(8-2)23(21-14)12-9-13(11-26-6)22(10-12)18(25)27-19(3,4)5/h1,12-13H,8-11H2,2-6H3,(H2,20,24)/t12-,13+/m0/s1. The average molecular weight is 376 g/mol. The summed E-state index contributed by atoms with van der Waals surface area (Å²) in [5.41, 5.74) is 6.11. The second kappa shape index (κ2) is 8.01. The van der Waals surface area contributed by atoms with Gasteiger partial charge in [0.15, 0.2) is 0 Å². The molecule has 8 nitrogen and oxygen atoms in total. The van der Waals surface area contributed by atoms with Crippen molar-refractivity contribution < 1.29 is 19.1 Å². The van der Waals surface area contributed by atoms with Crippen LogP contribution in [-0.2, 0) is 15.9 Å². The summed E-state index contributed by atoms with van der Waals surface area (Å²) in [6, 6.07) is -0.303. The number of amides is 2. The molecule has 1 saturated heterocycles. The third-order valence-electron chi connectivity index (χ3n) is 4.45. The number of primary amides is 1. The lowest BCUT2D eigenvalue weighted by Crippen LogP contribution is -2.41. The fraction of sp³-hybridized carbons (Fsp3) is 0.632. The highest BCUT2D eigenvalue weighted by atomic mass is 16.6. The molecule has 2 rings (SSSR count). The minimum atomic E-state index is -0.596. The fourth-order valence-electron chi connectivity index (χ4n) is 3.43. The van der Waals surface area contributed by atoms with Crippen molar-refractivity contribution in [3.05, 3.63) is 17.0 Å². The van der Waals surface area contributed by atoms with Gasteiger partial charge in [-0.15, -0.1) is 6.42 Å². The van der Waals surface area contributed by atoms with Gasteiger partial charge in [-0.2, -0.15) is 5.10 Å². The van der Waals surface area contributed by atoms with E-state index in [0.29, 0.717) is 31.7 Å². The number of carbonyl (C=O) groups excluding carboxylic acids is 2. The van der Waals surface area contributed by atoms with E-state index in [0.717, 1.165) is 0 Å². The predicted octanol–water partition coefficient (Wildman–Crippen LogP) is 1.72. The van der Waals surface area contributed by atoms with Crippen LogP contribution in [0.1, 0.15) is 61.9 Å². The summed E-state index contributed by atoms with van der Waals surface area (Å²) in [5.74, 6) is 1.84. The molecule has 0 bridgehead atoms. The van der Waals surface area contributed by atoms with Crippen LogP contribution in [0.2, 0.25) is 0 Å². The Bertz CT molecular complexity index is 757. The number of terminal acetylenes is 1. The van der Waals surface area contributed by atoms with Crippen molar-refractivity contribution in [3.63, 3.8) is 0 Å². The third kappa shape index (κ3) is 4.42. The lowest BCUT2D eigenvalue weighted by Gasteiger charge is -2.28. The first-order valence-electron chi connectivity index (χ1n) is 8.99. The van der Waals surface area contributed by atoms with Crippen LogP contribution in [0.3, 0.4) is 0 Å². The summed E-state index contributed by atoms with van der Waals surface area (Å²) in [5, 5.41) is 4.43. The van der Waals surface area contributed by atoms with E-state index in [1.165, 1.54) is 0 Å². The quantitative estimate of drug-likeness (QED) is 0.789. The molecule has 148 valence electrons. The van der Waals surface area contributed by atoms with Crippen molar-refractivity contribution in [1.82, 2.24) is 14.7 Å². The van der Waals surface area contributed by atoms with Crippen LogP contribution in [0, 0.1) is 12.3 Å². The molecular formula is C19H28N4O4. The van der Waals surface area contributed by atoms with Crippen LogP contribution in [0.15, 0.2) is 0 Å². The number of hydrogen-bond acceptors (Lipinski definition) is 5. The van der Waals surface area contributed by atoms with Gasteiger partial charge in [-0.1, -0.05) is 6.92 Å². The monoisotopic (exact) mass is 376 g/mol. The maximum absolute atomic E-state index is 12.6. The van der Waals surface area contributed by atoms with Crippen molar-refractivity contribution in [2.24, 2.45) is 5.73 Å². The van der Waals surface area contributed by atoms with Gasteiger partial charge in [-0.25, -0.2) is 4.79 Å². The zero-order chi connectivity index (χ0) is 20.4. The van der Waals surface area contributed by atoms with Crippen LogP contribution >= 0.6 is 0 Å². The molecule has 2 amide bonds. The molecule has 0 aromatic carbocycles. The molecule has 1 aliphatic rings. The maximum Gasteiger partial charge on any atom is 0.410 e. The summed E-state index contributed by atoms with van der Waals surface area (Å²) in [4.78, 5) is 26.1. The van der Waals surface area contributed by atoms with Gasteiger partial charge >= 0.3 is 6.09 Å². The first-order chi connectivity index (χ1) is 12.6. The highest BCUT2D eigenvalue weighted by molar-refractivity contribution is 5.96. The Morgan fingerprint density at radius 1 is 1.41 bits per heavy atom. The van der Waals surface area contributed by atoms with Crippen LogP contribution < -0.4 is 5.73 Å². The summed E-state index contributed by atoms with van der Waals surface area (Å²) in [6.07, 6.45) is 6.27. The number of ether oxygens (including phenoxy) is 2. The van der Waals surface area contributed by atoms with Gasteiger partial charge in [0.25, 0.3) is 5.91 Å². The second-order valence-electron chi connectivity index (χ2n) is 7.61. The van der Waals surface area contributed by atoms with Gasteiger partial charge in [-0.05, 0) is 39.5 Å². The van der Waals surface area contributed by atoms with Crippen LogP contribution in [0.4, 0.5) is 4.79 Å². The Morgan fingerprint density at radius 2 is 2.07 bits per heavy atom. The Labute approximate surface area is 160 Å². The van der Waals surface area contributed by atoms with E-state index in [9.17, 15) is 9.59 Å². The van der Waals surface area contributed by atoms with Crippen LogP contribution in [0.5, 0.6) is 0 Å². The molecule has 0 saturated carbocycles. The van der Waals surface area contributed by atoms with Gasteiger partial charge in [-0.3, -0.25) is 9.48 Å². The number of likely N-dealkylation sites (tertiary alicyclic amines) is 1. The van der Waals surface area contributed by atoms with E-state index >= 15 is 0 Å². The Balaban J connectivity index is 2.37. The number of hydrogen-bond donors (Lipinski definition) is 1. The van der Waals surface area contributed by atoms with Crippen molar-refractivity contribution in [1.29, 1.82) is 0 Å². The maximum atomic E-state index is 12.6. The number of rotatable bonds is 5. The molecule has 1 fully saturated rings. The molecule has 2 atom stereocenters. The lowest BCUT2D eigenvalue weighted by atomic mass is 10.1. The van der Waals surface area contributed by atoms with Gasteiger partial charge in [0.2, 0.25) is 0 Å². The Kier molecular flexibility index (Phi) is 6.16. The summed E-state index contributed by atoms with van der Waals surface area (Å²) < 4.78 is 12.5. The minimum Gasteiger partial charge on any atom is -0.444 e. The second-order valence-corrected chi connectivity index (χ2v) is 7.61. The van der Waals surface area contributed by atoms with E-state index in [-0.39, 0.29) is 23.3 Å². The van der Waals surface area contributed by atoms with E-state index in [2.05, 4.69) is 11.0 Å². The molecule has 0 unspecified atom stereocenters. The predicted molar refractivity (Wildman–Crippen MR) is 100 cm³/mol. The summed E-state index contributed by atoms with van der Waals surface area (Å²) in [6.45, 7) is 8.15. The van der Waals surface area contributed by atoms with Crippen molar-refractivity contribution >= 4 is 12.0 Å². The molecule has 1 aromatic heterocycles. The lowest BCUT2D eigenvalue weighted by molar-refractivity contribution is 0.0145. The number of carbonyl (C=O) groups is 2. The summed E-state index contributed by atoms with van der Waals surface area (Å²) >= 11 is 0. The molecule has 8 heteroatoms. The molecule has 2 heterocycles. The molecule has 1 aromatic rings. The fourth-order valence-corrected chi connectivity index (χ4v) is 3.43. The van der Waals surface area contributed by atoms with Gasteiger partial charge in [0.1, 0.15) is 11.3 Å². The molecule has 0 radical (unpaired) electrons. The number of methoxy groups -OCH3 is 1. The average Bonchev–Trinajstić information content (AvgIpc) is 3.14. The first kappa shape index (κ1) is 20.8. The molecule has 27 heavy (non-hydrogen) atoms. The van der Waals surface area contributed by atoms with Gasteiger partial charge in [0, 0.05) is 13.7 Å². The number of nitrogens with zero attached hydrogens (tertiary/aromatic N) is 3. The Hall–Kier alpha value is -2.53. The van der Waals surface area contributed by atoms with Crippen LogP contribution in [0.25, 0.3) is 0 Å². The SMILES string of the molecule is C#Cc1nn([C@H]2C[C@H](COC)N(C(=O)OC(C)(C)C)C2)c(CC)c1C(N)=O. The number of aromatic nitrogens is 2. The van der Waals surface area contributed by atoms with E-state index in [1.807, 2.05) is 27.7 Å². The normalized spacial score (nSPS) is 19.8. The first-order valence-corrected chi connectivity index (χ1v) is 8.99. The summed E-state index contributed by atoms with van der Waals surface area (Å²) in [7, 11) is 1.59. The van der Waals surface area contributed by atoms with Crippen molar-refractivity contribution in [3.8, 4) is 12.3 Å². The van der Waals surface area contributed by atoms with Crippen molar-refractivity contribution in [2.45, 2.75) is 58.2 Å². The topological polar surface area (TPSA) is 99.7 Å². The van der Waals surface area contributed by atoms with E-state index in [4.69, 9.17) is 21.6 Å². The molecule has 2 N–H and O–H groups in total. The van der Waals surface area contributed by atoms with Gasteiger partial charge in [0.05, 0.1) is 29.9 Å². The minimum absolute atomic E-state index is 0.146. The smallest absolute Gasteiger partial charge is 0.410 e. The highest BCUT2D eigenvalue weighted by Gasteiger charge is 2.40. The third-order valence-corrected chi connectivity index (χ3v) is 4.45.